The fraction of sp³-hybridized carbons (Fsp3) is 1.00. The molecule has 0 aromatic carbocycles. The predicted molar refractivity (Wildman–Crippen MR) is 74.0 cm³/mol. The van der Waals surface area contributed by atoms with Crippen LogP contribution in [-0.4, -0.2) is 64.0 Å². The maximum atomic E-state index is 12.2. The monoisotopic (exact) mass is 301 g/mol. The van der Waals surface area contributed by atoms with Crippen LogP contribution in [0, 0.1) is 5.92 Å². The molecule has 0 radical (unpaired) electrons. The number of hydrogen-bond acceptors (Lipinski definition) is 4. The van der Waals surface area contributed by atoms with Crippen LogP contribution in [-0.2, 0) is 14.9 Å². The zero-order valence-electron chi connectivity index (χ0n) is 11.0. The van der Waals surface area contributed by atoms with Gasteiger partial charge in [0.15, 0.2) is 0 Å². The van der Waals surface area contributed by atoms with E-state index in [0.717, 1.165) is 12.8 Å². The Morgan fingerprint density at radius 1 is 1.50 bits per heavy atom. The van der Waals surface area contributed by atoms with Crippen molar-refractivity contribution in [2.75, 3.05) is 46.9 Å². The molecular formula is C10H24ClN3O3S. The first-order valence-corrected chi connectivity index (χ1v) is 7.32. The molecule has 18 heavy (non-hydrogen) atoms. The highest BCUT2D eigenvalue weighted by Crippen LogP contribution is 2.19. The van der Waals surface area contributed by atoms with Crippen LogP contribution < -0.4 is 5.73 Å². The third kappa shape index (κ3) is 4.64. The Hall–Kier alpha value is 0.0800. The molecule has 1 rings (SSSR count). The molecule has 0 aromatic heterocycles. The molecule has 2 N–H and O–H groups in total. The highest BCUT2D eigenvalue weighted by molar-refractivity contribution is 7.86. The topological polar surface area (TPSA) is 75.9 Å². The van der Waals surface area contributed by atoms with Gasteiger partial charge < -0.3 is 10.5 Å². The summed E-state index contributed by atoms with van der Waals surface area (Å²) in [5.41, 5.74) is 5.61. The van der Waals surface area contributed by atoms with Crippen LogP contribution in [0.4, 0.5) is 0 Å². The van der Waals surface area contributed by atoms with Gasteiger partial charge in [0.1, 0.15) is 0 Å². The number of halogens is 1. The fourth-order valence-electron chi connectivity index (χ4n) is 1.96. The van der Waals surface area contributed by atoms with Crippen molar-refractivity contribution in [3.05, 3.63) is 0 Å². The van der Waals surface area contributed by atoms with Crippen molar-refractivity contribution in [3.63, 3.8) is 0 Å². The number of nitrogens with two attached hydrogens (primary N) is 1. The second-order valence-electron chi connectivity index (χ2n) is 4.42. The summed E-state index contributed by atoms with van der Waals surface area (Å²) in [7, 11) is -0.201. The van der Waals surface area contributed by atoms with Crippen LogP contribution >= 0.6 is 12.4 Å². The lowest BCUT2D eigenvalue weighted by Gasteiger charge is -2.33. The normalized spacial score (nSPS) is 21.9. The molecule has 1 unspecified atom stereocenters. The average Bonchev–Trinajstić information content (AvgIpc) is 2.35. The van der Waals surface area contributed by atoms with Gasteiger partial charge >= 0.3 is 0 Å². The van der Waals surface area contributed by atoms with E-state index in [1.54, 1.807) is 14.2 Å². The van der Waals surface area contributed by atoms with Crippen LogP contribution in [0.1, 0.15) is 12.8 Å². The number of likely N-dealkylation sites (N-methyl/N-ethyl adjacent to an activating group) is 1. The van der Waals surface area contributed by atoms with Crippen molar-refractivity contribution in [3.8, 4) is 0 Å². The van der Waals surface area contributed by atoms with Gasteiger partial charge in [-0.05, 0) is 25.3 Å². The third-order valence-corrected chi connectivity index (χ3v) is 5.10. The van der Waals surface area contributed by atoms with Crippen molar-refractivity contribution in [1.82, 2.24) is 8.61 Å². The number of ether oxygens (including phenoxy) is 1. The van der Waals surface area contributed by atoms with Gasteiger partial charge in [-0.3, -0.25) is 0 Å². The first kappa shape index (κ1) is 18.1. The lowest BCUT2D eigenvalue weighted by atomic mass is 10.0. The van der Waals surface area contributed by atoms with Gasteiger partial charge in [-0.2, -0.15) is 17.0 Å². The molecular weight excluding hydrogens is 278 g/mol. The van der Waals surface area contributed by atoms with Crippen LogP contribution in [0.2, 0.25) is 0 Å². The number of hydrogen-bond donors (Lipinski definition) is 1. The molecule has 0 aromatic rings. The van der Waals surface area contributed by atoms with Crippen molar-refractivity contribution < 1.29 is 13.2 Å². The van der Waals surface area contributed by atoms with E-state index < -0.39 is 10.2 Å². The second kappa shape index (κ2) is 8.29. The summed E-state index contributed by atoms with van der Waals surface area (Å²) in [4.78, 5) is 0. The average molecular weight is 302 g/mol. The Morgan fingerprint density at radius 3 is 2.72 bits per heavy atom. The summed E-state index contributed by atoms with van der Waals surface area (Å²) in [5.74, 6) is 0.286. The molecule has 0 saturated carbocycles. The molecule has 1 atom stereocenters. The number of nitrogens with zero attached hydrogens (tertiary/aromatic N) is 2. The summed E-state index contributed by atoms with van der Waals surface area (Å²) in [6.07, 6.45) is 1.91. The minimum Gasteiger partial charge on any atom is -0.383 e. The molecule has 1 aliphatic heterocycles. The molecule has 1 aliphatic rings. The van der Waals surface area contributed by atoms with Gasteiger partial charge in [0.2, 0.25) is 0 Å². The summed E-state index contributed by atoms with van der Waals surface area (Å²) in [6, 6.07) is 0. The highest BCUT2D eigenvalue weighted by atomic mass is 35.5. The zero-order valence-corrected chi connectivity index (χ0v) is 12.7. The van der Waals surface area contributed by atoms with Gasteiger partial charge in [0, 0.05) is 33.8 Å². The Morgan fingerprint density at radius 2 is 2.17 bits per heavy atom. The van der Waals surface area contributed by atoms with Crippen LogP contribution in [0.5, 0.6) is 0 Å². The standard InChI is InChI=1S/C10H23N3O3S.ClH/c1-12(6-7-16-2)17(14,15)13-5-3-4-10(8-11)9-13;/h10H,3-9,11H2,1-2H3;1H. The molecule has 110 valence electrons. The first-order chi connectivity index (χ1) is 8.02. The molecule has 0 aliphatic carbocycles. The maximum absolute atomic E-state index is 12.2. The molecule has 1 fully saturated rings. The summed E-state index contributed by atoms with van der Waals surface area (Å²) in [5, 5.41) is 0. The van der Waals surface area contributed by atoms with E-state index in [1.807, 2.05) is 0 Å². The van der Waals surface area contributed by atoms with Crippen LogP contribution in [0.3, 0.4) is 0 Å². The number of methoxy groups -OCH3 is 1. The number of rotatable bonds is 6. The van der Waals surface area contributed by atoms with Crippen molar-refractivity contribution in [1.29, 1.82) is 0 Å². The Labute approximate surface area is 116 Å². The molecule has 0 bridgehead atoms. The van der Waals surface area contributed by atoms with Crippen molar-refractivity contribution in [2.45, 2.75) is 12.8 Å². The minimum atomic E-state index is -3.35. The van der Waals surface area contributed by atoms with Gasteiger partial charge in [0.25, 0.3) is 10.2 Å². The highest BCUT2D eigenvalue weighted by Gasteiger charge is 2.31. The van der Waals surface area contributed by atoms with Gasteiger partial charge in [-0.1, -0.05) is 0 Å². The molecule has 1 saturated heterocycles. The molecule has 1 heterocycles. The summed E-state index contributed by atoms with van der Waals surface area (Å²) >= 11 is 0. The Kier molecular flexibility index (Phi) is 8.33. The van der Waals surface area contributed by atoms with Gasteiger partial charge in [-0.25, -0.2) is 0 Å². The van der Waals surface area contributed by atoms with E-state index in [0.29, 0.717) is 32.8 Å². The molecule has 0 spiro atoms. The van der Waals surface area contributed by atoms with E-state index >= 15 is 0 Å². The predicted octanol–water partition coefficient (Wildman–Crippen LogP) is -0.0981. The zero-order chi connectivity index (χ0) is 12.9. The van der Waals surface area contributed by atoms with Gasteiger partial charge in [-0.15, -0.1) is 12.4 Å². The van der Waals surface area contributed by atoms with Crippen LogP contribution in [0.25, 0.3) is 0 Å². The van der Waals surface area contributed by atoms with Gasteiger partial charge in [0.05, 0.1) is 6.61 Å². The first-order valence-electron chi connectivity index (χ1n) is 5.92. The minimum absolute atomic E-state index is 0. The van der Waals surface area contributed by atoms with Crippen molar-refractivity contribution in [2.24, 2.45) is 11.7 Å². The van der Waals surface area contributed by atoms with E-state index in [2.05, 4.69) is 0 Å². The molecule has 6 nitrogen and oxygen atoms in total. The maximum Gasteiger partial charge on any atom is 0.281 e. The van der Waals surface area contributed by atoms with E-state index in [4.69, 9.17) is 10.5 Å². The SMILES string of the molecule is COCCN(C)S(=O)(=O)N1CCCC(CN)C1.Cl. The number of piperidine rings is 1. The largest absolute Gasteiger partial charge is 0.383 e. The Balaban J connectivity index is 0.00000289. The molecule has 8 heteroatoms. The van der Waals surface area contributed by atoms with E-state index in [9.17, 15) is 8.42 Å². The van der Waals surface area contributed by atoms with Crippen molar-refractivity contribution >= 4 is 22.6 Å². The third-order valence-electron chi connectivity index (χ3n) is 3.15. The van der Waals surface area contributed by atoms with E-state index in [-0.39, 0.29) is 18.3 Å². The molecule has 0 amide bonds. The quantitative estimate of drug-likeness (QED) is 0.743. The van der Waals surface area contributed by atoms with Crippen LogP contribution in [0.15, 0.2) is 0 Å². The second-order valence-corrected chi connectivity index (χ2v) is 6.46. The Bertz CT molecular complexity index is 326. The lowest BCUT2D eigenvalue weighted by Crippen LogP contribution is -2.48. The summed E-state index contributed by atoms with van der Waals surface area (Å²) < 4.78 is 32.2. The summed E-state index contributed by atoms with van der Waals surface area (Å²) in [6.45, 7) is 2.46. The fourth-order valence-corrected chi connectivity index (χ4v) is 3.42. The smallest absolute Gasteiger partial charge is 0.281 e. The lowest BCUT2D eigenvalue weighted by molar-refractivity contribution is 0.179. The van der Waals surface area contributed by atoms with E-state index in [1.165, 1.54) is 8.61 Å².